The van der Waals surface area contributed by atoms with Crippen LogP contribution in [0, 0.1) is 11.7 Å². The lowest BCUT2D eigenvalue weighted by molar-refractivity contribution is -0.121. The molecule has 0 bridgehead atoms. The van der Waals surface area contributed by atoms with Crippen LogP contribution in [-0.2, 0) is 17.9 Å². The molecule has 2 heterocycles. The molecule has 0 saturated carbocycles. The molecule has 0 saturated heterocycles. The maximum absolute atomic E-state index is 12.6. The number of nitrogens with one attached hydrogen (secondary N) is 2. The van der Waals surface area contributed by atoms with Crippen molar-refractivity contribution in [1.29, 1.82) is 0 Å². The van der Waals surface area contributed by atoms with Gasteiger partial charge in [-0.1, -0.05) is 35.4 Å². The Kier molecular flexibility index (Phi) is 5.55. The van der Waals surface area contributed by atoms with Crippen molar-refractivity contribution in [3.63, 3.8) is 0 Å². The molecule has 1 aliphatic rings. The summed E-state index contributed by atoms with van der Waals surface area (Å²) >= 11 is 11.6. The number of carbonyl (C=O) groups excluding carboxylic acids is 1. The number of rotatable bonds is 5. The number of H-pyrrole nitrogens is 1. The Morgan fingerprint density at radius 1 is 1.31 bits per heavy atom. The lowest BCUT2D eigenvalue weighted by Gasteiger charge is -2.20. The zero-order chi connectivity index (χ0) is 20.4. The minimum absolute atomic E-state index is 0.0525. The van der Waals surface area contributed by atoms with Crippen molar-refractivity contribution in [2.45, 2.75) is 20.0 Å². The quantitative estimate of drug-likeness (QED) is 0.604. The summed E-state index contributed by atoms with van der Waals surface area (Å²) in [5.74, 6) is 1.56. The minimum Gasteiger partial charge on any atom is -0.486 e. The molecule has 0 aliphatic carbocycles. The van der Waals surface area contributed by atoms with E-state index in [2.05, 4.69) is 15.5 Å². The number of hydrogen-bond acceptors (Lipinski definition) is 5. The zero-order valence-corrected chi connectivity index (χ0v) is 17.3. The summed E-state index contributed by atoms with van der Waals surface area (Å²) in [4.78, 5) is 12.6. The molecule has 0 radical (unpaired) electrons. The summed E-state index contributed by atoms with van der Waals surface area (Å²) in [6, 6.07) is 11.5. The van der Waals surface area contributed by atoms with Crippen molar-refractivity contribution in [2.75, 3.05) is 13.2 Å². The Morgan fingerprint density at radius 2 is 2.14 bits per heavy atom. The molecule has 29 heavy (non-hydrogen) atoms. The molecule has 0 unspecified atom stereocenters. The summed E-state index contributed by atoms with van der Waals surface area (Å²) in [5.41, 5.74) is 2.81. The first-order valence-corrected chi connectivity index (χ1v) is 9.87. The largest absolute Gasteiger partial charge is 0.486 e. The molecule has 9 heteroatoms. The van der Waals surface area contributed by atoms with Gasteiger partial charge in [0.25, 0.3) is 0 Å². The number of hydrogen-bond donors (Lipinski definition) is 2. The fourth-order valence-corrected chi connectivity index (χ4v) is 3.62. The van der Waals surface area contributed by atoms with Crippen LogP contribution in [-0.4, -0.2) is 33.9 Å². The molecular weight excluding hydrogens is 412 g/mol. The summed E-state index contributed by atoms with van der Waals surface area (Å²) in [5, 5.41) is 10.4. The third kappa shape index (κ3) is 4.28. The van der Waals surface area contributed by atoms with E-state index >= 15 is 0 Å². The number of aryl methyl sites for hydroxylation is 1. The molecule has 0 fully saturated rings. The number of aromatic nitrogens is 3. The number of aromatic amines is 1. The Hall–Kier alpha value is -2.84. The fraction of sp³-hybridized carbons (Fsp3) is 0.250. The van der Waals surface area contributed by atoms with Gasteiger partial charge in [0.15, 0.2) is 22.1 Å². The lowest BCUT2D eigenvalue weighted by Crippen LogP contribution is -2.27. The van der Waals surface area contributed by atoms with Crippen LogP contribution in [0.1, 0.15) is 11.1 Å². The van der Waals surface area contributed by atoms with E-state index in [1.165, 1.54) is 0 Å². The van der Waals surface area contributed by atoms with E-state index < -0.39 is 0 Å². The van der Waals surface area contributed by atoms with Crippen molar-refractivity contribution in [3.05, 3.63) is 57.3 Å². The first-order chi connectivity index (χ1) is 14.0. The molecule has 1 aliphatic heterocycles. The minimum atomic E-state index is -0.192. The fourth-order valence-electron chi connectivity index (χ4n) is 3.14. The highest BCUT2D eigenvalue weighted by Gasteiger charge is 2.17. The average Bonchev–Trinajstić information content (AvgIpc) is 3.07. The smallest absolute Gasteiger partial charge is 0.240 e. The lowest BCUT2D eigenvalue weighted by atomic mass is 10.1. The summed E-state index contributed by atoms with van der Waals surface area (Å²) in [7, 11) is 0. The molecule has 0 spiro atoms. The monoisotopic (exact) mass is 430 g/mol. The molecule has 4 rings (SSSR count). The van der Waals surface area contributed by atoms with E-state index in [4.69, 9.17) is 33.3 Å². The SMILES string of the molecule is Cc1cccc(-c2n[nH]c(=S)n2CC(=O)NCc2cc(Cl)c3c(c2)OCCO3)c1. The van der Waals surface area contributed by atoms with Crippen LogP contribution in [0.4, 0.5) is 0 Å². The number of ether oxygens (including phenoxy) is 2. The highest BCUT2D eigenvalue weighted by Crippen LogP contribution is 2.38. The highest BCUT2D eigenvalue weighted by atomic mass is 35.5. The molecule has 150 valence electrons. The van der Waals surface area contributed by atoms with Crippen molar-refractivity contribution in [2.24, 2.45) is 0 Å². The number of nitrogens with zero attached hydrogens (tertiary/aromatic N) is 2. The van der Waals surface area contributed by atoms with E-state index in [0.717, 1.165) is 16.7 Å². The Bertz CT molecular complexity index is 1130. The number of carbonyl (C=O) groups is 1. The van der Waals surface area contributed by atoms with Crippen LogP contribution in [0.2, 0.25) is 5.02 Å². The van der Waals surface area contributed by atoms with Gasteiger partial charge in [0, 0.05) is 12.1 Å². The molecule has 7 nitrogen and oxygen atoms in total. The standard InChI is InChI=1S/C20H19ClN4O3S/c1-12-3-2-4-14(7-12)19-23-24-20(29)25(19)11-17(26)22-10-13-8-15(21)18-16(9-13)27-5-6-28-18/h2-4,7-9H,5-6,10-11H2,1H3,(H,22,26)(H,24,29). The number of fused-ring (bicyclic) bond motifs is 1. The van der Waals surface area contributed by atoms with Gasteiger partial charge in [0.1, 0.15) is 19.8 Å². The van der Waals surface area contributed by atoms with Gasteiger partial charge in [-0.2, -0.15) is 5.10 Å². The summed E-state index contributed by atoms with van der Waals surface area (Å²) in [6.07, 6.45) is 0. The predicted molar refractivity (Wildman–Crippen MR) is 112 cm³/mol. The van der Waals surface area contributed by atoms with Gasteiger partial charge in [-0.25, -0.2) is 0 Å². The third-order valence-corrected chi connectivity index (χ3v) is 5.07. The van der Waals surface area contributed by atoms with Crippen LogP contribution in [0.5, 0.6) is 11.5 Å². The second-order valence-electron chi connectivity index (χ2n) is 6.69. The third-order valence-electron chi connectivity index (χ3n) is 4.48. The summed E-state index contributed by atoms with van der Waals surface area (Å²) in [6.45, 7) is 3.30. The van der Waals surface area contributed by atoms with Gasteiger partial charge >= 0.3 is 0 Å². The van der Waals surface area contributed by atoms with Crippen molar-refractivity contribution in [1.82, 2.24) is 20.1 Å². The van der Waals surface area contributed by atoms with E-state index in [0.29, 0.717) is 46.9 Å². The van der Waals surface area contributed by atoms with Crippen molar-refractivity contribution >= 4 is 29.7 Å². The van der Waals surface area contributed by atoms with E-state index in [1.807, 2.05) is 37.3 Å². The van der Waals surface area contributed by atoms with Crippen LogP contribution < -0.4 is 14.8 Å². The van der Waals surface area contributed by atoms with Gasteiger partial charge in [0.2, 0.25) is 5.91 Å². The van der Waals surface area contributed by atoms with Crippen LogP contribution in [0.25, 0.3) is 11.4 Å². The first-order valence-electron chi connectivity index (χ1n) is 9.08. The number of amides is 1. The van der Waals surface area contributed by atoms with E-state index in [1.54, 1.807) is 10.6 Å². The van der Waals surface area contributed by atoms with E-state index in [-0.39, 0.29) is 12.5 Å². The number of halogens is 1. The van der Waals surface area contributed by atoms with Crippen LogP contribution >= 0.6 is 23.8 Å². The van der Waals surface area contributed by atoms with Crippen LogP contribution in [0.15, 0.2) is 36.4 Å². The molecular formula is C20H19ClN4O3S. The normalized spacial score (nSPS) is 12.6. The van der Waals surface area contributed by atoms with Gasteiger partial charge in [-0.3, -0.25) is 14.5 Å². The molecule has 2 N–H and O–H groups in total. The van der Waals surface area contributed by atoms with Gasteiger partial charge in [0.05, 0.1) is 5.02 Å². The molecule has 3 aromatic rings. The first kappa shape index (κ1) is 19.5. The number of benzene rings is 2. The predicted octanol–water partition coefficient (Wildman–Crippen LogP) is 3.66. The Labute approximate surface area is 177 Å². The topological polar surface area (TPSA) is 81.2 Å². The van der Waals surface area contributed by atoms with Gasteiger partial charge in [-0.05, 0) is 42.9 Å². The van der Waals surface area contributed by atoms with Crippen LogP contribution in [0.3, 0.4) is 0 Å². The molecule has 1 aromatic heterocycles. The molecule has 2 aromatic carbocycles. The van der Waals surface area contributed by atoms with Gasteiger partial charge in [-0.15, -0.1) is 0 Å². The molecule has 0 atom stereocenters. The van der Waals surface area contributed by atoms with E-state index in [9.17, 15) is 4.79 Å². The summed E-state index contributed by atoms with van der Waals surface area (Å²) < 4.78 is 13.2. The zero-order valence-electron chi connectivity index (χ0n) is 15.7. The maximum Gasteiger partial charge on any atom is 0.240 e. The van der Waals surface area contributed by atoms with Gasteiger partial charge < -0.3 is 14.8 Å². The Balaban J connectivity index is 1.47. The maximum atomic E-state index is 12.6. The average molecular weight is 431 g/mol. The molecule has 1 amide bonds. The van der Waals surface area contributed by atoms with Crippen molar-refractivity contribution < 1.29 is 14.3 Å². The van der Waals surface area contributed by atoms with Crippen molar-refractivity contribution in [3.8, 4) is 22.9 Å². The second-order valence-corrected chi connectivity index (χ2v) is 7.48. The highest BCUT2D eigenvalue weighted by molar-refractivity contribution is 7.71. The second kappa shape index (κ2) is 8.26. The Morgan fingerprint density at radius 3 is 2.97 bits per heavy atom.